The Labute approximate surface area is 153 Å². The van der Waals surface area contributed by atoms with Gasteiger partial charge < -0.3 is 25.9 Å². The molecule has 1 amide bonds. The van der Waals surface area contributed by atoms with Gasteiger partial charge in [-0.3, -0.25) is 4.79 Å². The van der Waals surface area contributed by atoms with Crippen LogP contribution in [0.5, 0.6) is 0 Å². The molecule has 2 aromatic rings. The first kappa shape index (κ1) is 19.6. The minimum Gasteiger partial charge on any atom is -0.544 e. The summed E-state index contributed by atoms with van der Waals surface area (Å²) in [4.78, 5) is 23.3. The molecule has 0 saturated heterocycles. The Morgan fingerprint density at radius 1 is 1.04 bits per heavy atom. The number of anilines is 1. The van der Waals surface area contributed by atoms with Gasteiger partial charge in [0.15, 0.2) is 0 Å². The third-order valence-electron chi connectivity index (χ3n) is 4.09. The van der Waals surface area contributed by atoms with Crippen molar-refractivity contribution in [2.45, 2.75) is 25.9 Å². The molecular formula is C20H26N3O3+. The largest absolute Gasteiger partial charge is 0.544 e. The lowest BCUT2D eigenvalue weighted by Crippen LogP contribution is -2.99. The maximum atomic E-state index is 12.1. The smallest absolute Gasteiger partial charge is 0.230 e. The molecule has 6 heteroatoms. The number of nitrogens with two attached hydrogens (primary N) is 2. The fourth-order valence-electron chi connectivity index (χ4n) is 2.61. The van der Waals surface area contributed by atoms with Crippen LogP contribution in [0.15, 0.2) is 54.6 Å². The number of hydrogen-bond donors (Lipinski definition) is 3. The average molecular weight is 356 g/mol. The van der Waals surface area contributed by atoms with Gasteiger partial charge in [-0.05, 0) is 19.1 Å². The summed E-state index contributed by atoms with van der Waals surface area (Å²) in [5.41, 5.74) is 2.98. The van der Waals surface area contributed by atoms with Crippen molar-refractivity contribution in [3.63, 3.8) is 0 Å². The van der Waals surface area contributed by atoms with Crippen molar-refractivity contribution in [3.05, 3.63) is 65.7 Å². The fourth-order valence-corrected chi connectivity index (χ4v) is 2.61. The molecule has 0 spiro atoms. The molecule has 0 radical (unpaired) electrons. The summed E-state index contributed by atoms with van der Waals surface area (Å²) in [7, 11) is 0. The van der Waals surface area contributed by atoms with Crippen LogP contribution in [0.3, 0.4) is 0 Å². The Hall–Kier alpha value is -2.70. The van der Waals surface area contributed by atoms with E-state index in [0.717, 1.165) is 18.7 Å². The average Bonchev–Trinajstić information content (AvgIpc) is 2.63. The van der Waals surface area contributed by atoms with Gasteiger partial charge in [-0.1, -0.05) is 48.0 Å². The van der Waals surface area contributed by atoms with Crippen LogP contribution in [0.2, 0.25) is 0 Å². The number of carbonyl (C=O) groups excluding carboxylic acids is 2. The van der Waals surface area contributed by atoms with Crippen LogP contribution in [0, 0.1) is 6.92 Å². The molecule has 0 aliphatic rings. The molecule has 0 aromatic heterocycles. The quantitative estimate of drug-likeness (QED) is 0.465. The summed E-state index contributed by atoms with van der Waals surface area (Å²) in [6, 6.07) is 16.6. The molecule has 6 nitrogen and oxygen atoms in total. The third kappa shape index (κ3) is 7.04. The van der Waals surface area contributed by atoms with Crippen LogP contribution in [0.25, 0.3) is 0 Å². The predicted molar refractivity (Wildman–Crippen MR) is 97.0 cm³/mol. The van der Waals surface area contributed by atoms with Crippen molar-refractivity contribution in [1.29, 1.82) is 0 Å². The topological polar surface area (TPSA) is 102 Å². The van der Waals surface area contributed by atoms with Gasteiger partial charge in [0.2, 0.25) is 5.91 Å². The van der Waals surface area contributed by atoms with Crippen molar-refractivity contribution in [2.75, 3.05) is 18.4 Å². The lowest BCUT2D eigenvalue weighted by atomic mass is 10.2. The van der Waals surface area contributed by atoms with Gasteiger partial charge >= 0.3 is 0 Å². The van der Waals surface area contributed by atoms with E-state index in [1.165, 1.54) is 5.56 Å². The third-order valence-corrected chi connectivity index (χ3v) is 4.09. The summed E-state index contributed by atoms with van der Waals surface area (Å²) < 4.78 is 0. The highest BCUT2D eigenvalue weighted by atomic mass is 16.4. The number of rotatable bonds is 10. The molecule has 0 aliphatic carbocycles. The lowest BCUT2D eigenvalue weighted by molar-refractivity contribution is -0.742. The van der Waals surface area contributed by atoms with E-state index < -0.39 is 12.0 Å². The van der Waals surface area contributed by atoms with Gasteiger partial charge in [0, 0.05) is 11.3 Å². The van der Waals surface area contributed by atoms with E-state index >= 15 is 0 Å². The second-order valence-electron chi connectivity index (χ2n) is 6.34. The summed E-state index contributed by atoms with van der Waals surface area (Å²) >= 11 is 0. The van der Waals surface area contributed by atoms with E-state index in [0.29, 0.717) is 12.2 Å². The first-order valence-electron chi connectivity index (χ1n) is 8.81. The van der Waals surface area contributed by atoms with E-state index in [4.69, 9.17) is 0 Å². The monoisotopic (exact) mass is 356 g/mol. The number of aryl methyl sites for hydroxylation is 1. The Balaban J connectivity index is 1.71. The number of benzene rings is 2. The zero-order valence-electron chi connectivity index (χ0n) is 15.0. The van der Waals surface area contributed by atoms with Gasteiger partial charge in [0.05, 0.1) is 12.4 Å². The first-order valence-corrected chi connectivity index (χ1v) is 8.81. The molecule has 0 saturated carbocycles. The zero-order valence-corrected chi connectivity index (χ0v) is 15.0. The van der Waals surface area contributed by atoms with Gasteiger partial charge in [-0.15, -0.1) is 0 Å². The molecule has 0 unspecified atom stereocenters. The number of quaternary nitrogens is 2. The van der Waals surface area contributed by atoms with Crippen LogP contribution in [-0.4, -0.2) is 31.0 Å². The lowest BCUT2D eigenvalue weighted by Gasteiger charge is -2.16. The SMILES string of the molecule is Cc1ccc(NC(=O)C[C@@H]([NH2+]CC[NH2+]Cc2ccccc2)C(=O)[O-])cc1. The molecule has 5 N–H and O–H groups in total. The summed E-state index contributed by atoms with van der Waals surface area (Å²) in [5.74, 6) is -1.54. The van der Waals surface area contributed by atoms with Gasteiger partial charge in [-0.2, -0.15) is 0 Å². The summed E-state index contributed by atoms with van der Waals surface area (Å²) in [6.07, 6.45) is -0.116. The van der Waals surface area contributed by atoms with Crippen LogP contribution in [0.1, 0.15) is 17.5 Å². The molecule has 1 atom stereocenters. The van der Waals surface area contributed by atoms with Crippen molar-refractivity contribution >= 4 is 17.6 Å². The molecule has 138 valence electrons. The second-order valence-corrected chi connectivity index (χ2v) is 6.34. The summed E-state index contributed by atoms with van der Waals surface area (Å²) in [6.45, 7) is 4.17. The molecule has 2 rings (SSSR count). The number of carbonyl (C=O) groups is 2. The highest BCUT2D eigenvalue weighted by Crippen LogP contribution is 2.08. The predicted octanol–water partition coefficient (Wildman–Crippen LogP) is -1.23. The van der Waals surface area contributed by atoms with E-state index in [-0.39, 0.29) is 12.3 Å². The maximum absolute atomic E-state index is 12.1. The van der Waals surface area contributed by atoms with Crippen LogP contribution in [0.4, 0.5) is 5.69 Å². The zero-order chi connectivity index (χ0) is 18.8. The van der Waals surface area contributed by atoms with Crippen molar-refractivity contribution in [1.82, 2.24) is 0 Å². The van der Waals surface area contributed by atoms with E-state index in [9.17, 15) is 14.7 Å². The van der Waals surface area contributed by atoms with Crippen molar-refractivity contribution in [3.8, 4) is 0 Å². The molecular weight excluding hydrogens is 330 g/mol. The molecule has 0 heterocycles. The Bertz CT molecular complexity index is 702. The Morgan fingerprint density at radius 3 is 2.38 bits per heavy atom. The number of aliphatic carboxylic acids is 1. The number of carboxylic acid groups (broad SMARTS) is 1. The van der Waals surface area contributed by atoms with E-state index in [1.807, 2.05) is 37.3 Å². The minimum atomic E-state index is -1.22. The Morgan fingerprint density at radius 2 is 1.73 bits per heavy atom. The molecule has 0 aliphatic heterocycles. The fraction of sp³-hybridized carbons (Fsp3) is 0.300. The minimum absolute atomic E-state index is 0.116. The van der Waals surface area contributed by atoms with Crippen LogP contribution < -0.4 is 21.1 Å². The normalized spacial score (nSPS) is 11.7. The second kappa shape index (κ2) is 10.3. The number of carboxylic acids is 1. The standard InChI is InChI=1S/C20H25N3O3/c1-15-7-9-17(10-8-15)23-19(24)13-18(20(25)26)22-12-11-21-14-16-5-3-2-4-6-16/h2-10,18,21-22H,11-14H2,1H3,(H,23,24)(H,25,26)/p+1/t18-/m1/s1. The first-order chi connectivity index (χ1) is 12.5. The van der Waals surface area contributed by atoms with Crippen molar-refractivity contribution < 1.29 is 25.3 Å². The van der Waals surface area contributed by atoms with Gasteiger partial charge in [-0.25, -0.2) is 0 Å². The Kier molecular flexibility index (Phi) is 7.79. The number of nitrogens with one attached hydrogen (secondary N) is 1. The van der Waals surface area contributed by atoms with Gasteiger partial charge in [0.25, 0.3) is 0 Å². The van der Waals surface area contributed by atoms with Crippen LogP contribution in [-0.2, 0) is 16.1 Å². The maximum Gasteiger partial charge on any atom is 0.230 e. The molecule has 0 bridgehead atoms. The van der Waals surface area contributed by atoms with Crippen LogP contribution >= 0.6 is 0 Å². The molecule has 26 heavy (non-hydrogen) atoms. The van der Waals surface area contributed by atoms with Crippen molar-refractivity contribution in [2.24, 2.45) is 0 Å². The van der Waals surface area contributed by atoms with Gasteiger partial charge in [0.1, 0.15) is 25.7 Å². The van der Waals surface area contributed by atoms with E-state index in [1.54, 1.807) is 17.4 Å². The molecule has 0 fully saturated rings. The highest BCUT2D eigenvalue weighted by Gasteiger charge is 2.18. The number of hydrogen-bond acceptors (Lipinski definition) is 3. The van der Waals surface area contributed by atoms with E-state index in [2.05, 4.69) is 22.8 Å². The highest BCUT2D eigenvalue weighted by molar-refractivity contribution is 5.93. The molecule has 2 aromatic carbocycles. The summed E-state index contributed by atoms with van der Waals surface area (Å²) in [5, 5.41) is 17.8. The number of amides is 1.